The maximum atomic E-state index is 11.9. The second kappa shape index (κ2) is 8.39. The second-order valence-corrected chi connectivity index (χ2v) is 7.37. The van der Waals surface area contributed by atoms with E-state index in [1.165, 1.54) is 12.3 Å². The lowest BCUT2D eigenvalue weighted by Gasteiger charge is -2.26. The van der Waals surface area contributed by atoms with Crippen molar-refractivity contribution < 1.29 is 9.59 Å². The average Bonchev–Trinajstić information content (AvgIpc) is 3.28. The van der Waals surface area contributed by atoms with Crippen molar-refractivity contribution in [1.82, 2.24) is 19.9 Å². The Morgan fingerprint density at radius 1 is 1.32 bits per heavy atom. The van der Waals surface area contributed by atoms with Crippen molar-refractivity contribution in [3.05, 3.63) is 61.1 Å². The maximum absolute atomic E-state index is 11.9. The lowest BCUT2D eigenvalue weighted by Crippen LogP contribution is -2.36. The largest absolute Gasteiger partial charge is 0.364 e. The van der Waals surface area contributed by atoms with Gasteiger partial charge in [0.25, 0.3) is 5.91 Å². The molecule has 0 radical (unpaired) electrons. The molecule has 31 heavy (non-hydrogen) atoms. The first kappa shape index (κ1) is 20.3. The first-order valence-corrected chi connectivity index (χ1v) is 9.89. The SMILES string of the molecule is C=CC(=O)N1CC[C@@H](N(C)c2cnc(C(N)=O)c(Nc3ccc4ncccc4c3)n2)C1. The number of hydrogen-bond acceptors (Lipinski definition) is 7. The summed E-state index contributed by atoms with van der Waals surface area (Å²) < 4.78 is 0. The molecule has 9 nitrogen and oxygen atoms in total. The summed E-state index contributed by atoms with van der Waals surface area (Å²) in [6.07, 6.45) is 5.38. The molecule has 1 aliphatic rings. The molecular weight excluding hydrogens is 394 g/mol. The molecule has 3 heterocycles. The van der Waals surface area contributed by atoms with Crippen LogP contribution in [0.15, 0.2) is 55.4 Å². The highest BCUT2D eigenvalue weighted by atomic mass is 16.2. The van der Waals surface area contributed by atoms with Gasteiger partial charge in [-0.1, -0.05) is 12.6 Å². The van der Waals surface area contributed by atoms with Gasteiger partial charge in [0.05, 0.1) is 11.7 Å². The van der Waals surface area contributed by atoms with E-state index in [1.807, 2.05) is 42.3 Å². The normalized spacial score (nSPS) is 15.6. The van der Waals surface area contributed by atoms with Crippen molar-refractivity contribution in [3.8, 4) is 0 Å². The predicted octanol–water partition coefficient (Wildman–Crippen LogP) is 2.09. The Bertz CT molecular complexity index is 1160. The number of hydrogen-bond donors (Lipinski definition) is 2. The van der Waals surface area contributed by atoms with E-state index in [0.717, 1.165) is 23.0 Å². The highest BCUT2D eigenvalue weighted by Crippen LogP contribution is 2.25. The van der Waals surface area contributed by atoms with Crippen LogP contribution in [-0.4, -0.2) is 57.8 Å². The van der Waals surface area contributed by atoms with Crippen LogP contribution in [0.3, 0.4) is 0 Å². The molecule has 4 rings (SSSR count). The molecule has 2 amide bonds. The number of pyridine rings is 1. The number of aromatic nitrogens is 3. The van der Waals surface area contributed by atoms with Gasteiger partial charge < -0.3 is 20.9 Å². The summed E-state index contributed by atoms with van der Waals surface area (Å²) in [6.45, 7) is 4.77. The van der Waals surface area contributed by atoms with Gasteiger partial charge in [-0.2, -0.15) is 0 Å². The number of benzene rings is 1. The van der Waals surface area contributed by atoms with E-state index in [-0.39, 0.29) is 23.5 Å². The topological polar surface area (TPSA) is 117 Å². The predicted molar refractivity (Wildman–Crippen MR) is 119 cm³/mol. The third-order valence-electron chi connectivity index (χ3n) is 5.42. The van der Waals surface area contributed by atoms with Crippen LogP contribution in [0.25, 0.3) is 10.9 Å². The third kappa shape index (κ3) is 4.16. The molecule has 2 aromatic heterocycles. The van der Waals surface area contributed by atoms with E-state index in [4.69, 9.17) is 5.73 Å². The zero-order chi connectivity index (χ0) is 22.0. The number of nitrogens with two attached hydrogens (primary N) is 1. The molecule has 3 N–H and O–H groups in total. The monoisotopic (exact) mass is 417 g/mol. The fourth-order valence-corrected chi connectivity index (χ4v) is 3.68. The van der Waals surface area contributed by atoms with Gasteiger partial charge in [-0.25, -0.2) is 9.97 Å². The molecule has 0 unspecified atom stereocenters. The summed E-state index contributed by atoms with van der Waals surface area (Å²) in [4.78, 5) is 40.7. The number of primary amides is 1. The molecule has 1 atom stereocenters. The average molecular weight is 417 g/mol. The summed E-state index contributed by atoms with van der Waals surface area (Å²) in [5, 5.41) is 4.11. The van der Waals surface area contributed by atoms with Gasteiger partial charge in [-0.3, -0.25) is 14.6 Å². The zero-order valence-electron chi connectivity index (χ0n) is 17.2. The van der Waals surface area contributed by atoms with Crippen molar-refractivity contribution in [2.75, 3.05) is 30.4 Å². The lowest BCUT2D eigenvalue weighted by molar-refractivity contribution is -0.125. The van der Waals surface area contributed by atoms with Gasteiger partial charge in [0.2, 0.25) is 5.91 Å². The van der Waals surface area contributed by atoms with Crippen LogP contribution in [0.1, 0.15) is 16.9 Å². The fourth-order valence-electron chi connectivity index (χ4n) is 3.68. The van der Waals surface area contributed by atoms with E-state index in [9.17, 15) is 9.59 Å². The van der Waals surface area contributed by atoms with Crippen LogP contribution >= 0.6 is 0 Å². The first-order valence-electron chi connectivity index (χ1n) is 9.89. The van der Waals surface area contributed by atoms with Gasteiger partial charge in [-0.05, 0) is 36.8 Å². The van der Waals surface area contributed by atoms with Crippen molar-refractivity contribution in [1.29, 1.82) is 0 Å². The molecule has 0 aliphatic carbocycles. The number of rotatable bonds is 6. The number of nitrogens with zero attached hydrogens (tertiary/aromatic N) is 5. The highest BCUT2D eigenvalue weighted by Gasteiger charge is 2.29. The number of amides is 2. The minimum absolute atomic E-state index is 0.0540. The van der Waals surface area contributed by atoms with Gasteiger partial charge in [0.1, 0.15) is 5.82 Å². The quantitative estimate of drug-likeness (QED) is 0.590. The van der Waals surface area contributed by atoms with Gasteiger partial charge in [0, 0.05) is 43.4 Å². The minimum Gasteiger partial charge on any atom is -0.364 e. The van der Waals surface area contributed by atoms with E-state index in [0.29, 0.717) is 18.9 Å². The second-order valence-electron chi connectivity index (χ2n) is 7.37. The summed E-state index contributed by atoms with van der Waals surface area (Å²) in [7, 11) is 1.89. The Morgan fingerprint density at radius 3 is 2.94 bits per heavy atom. The number of carbonyl (C=O) groups is 2. The van der Waals surface area contributed by atoms with Gasteiger partial charge >= 0.3 is 0 Å². The smallest absolute Gasteiger partial charge is 0.271 e. The highest BCUT2D eigenvalue weighted by molar-refractivity contribution is 5.96. The number of likely N-dealkylation sites (N-methyl/N-ethyl adjacent to an activating group) is 1. The molecule has 3 aromatic rings. The summed E-state index contributed by atoms with van der Waals surface area (Å²) in [5.74, 6) is 0.0967. The van der Waals surface area contributed by atoms with Crippen molar-refractivity contribution in [2.45, 2.75) is 12.5 Å². The molecule has 1 fully saturated rings. The Kier molecular flexibility index (Phi) is 5.48. The van der Waals surface area contributed by atoms with E-state index in [2.05, 4.69) is 26.8 Å². The molecule has 9 heteroatoms. The Labute approximate surface area is 179 Å². The Balaban J connectivity index is 1.61. The summed E-state index contributed by atoms with van der Waals surface area (Å²) in [6, 6.07) is 9.55. The summed E-state index contributed by atoms with van der Waals surface area (Å²) >= 11 is 0. The number of likely N-dealkylation sites (tertiary alicyclic amines) is 1. The van der Waals surface area contributed by atoms with Crippen molar-refractivity contribution >= 4 is 40.0 Å². The standard InChI is InChI=1S/C22H23N7O2/c1-3-19(30)29-10-8-16(13-29)28(2)18-12-25-20(21(23)31)22(27-18)26-15-6-7-17-14(11-15)5-4-9-24-17/h3-7,9,11-12,16H,1,8,10,13H2,2H3,(H2,23,31)(H,26,27)/t16-/m1/s1. The third-order valence-corrected chi connectivity index (χ3v) is 5.42. The molecule has 1 saturated heterocycles. The van der Waals surface area contributed by atoms with Crippen LogP contribution in [0.4, 0.5) is 17.3 Å². The molecule has 158 valence electrons. The summed E-state index contributed by atoms with van der Waals surface area (Å²) in [5.41, 5.74) is 7.17. The van der Waals surface area contributed by atoms with Crippen molar-refractivity contribution in [2.24, 2.45) is 5.73 Å². The molecule has 0 saturated carbocycles. The lowest BCUT2D eigenvalue weighted by atomic mass is 10.2. The number of carbonyl (C=O) groups excluding carboxylic acids is 2. The van der Waals surface area contributed by atoms with Crippen LogP contribution in [0.2, 0.25) is 0 Å². The molecule has 0 bridgehead atoms. The van der Waals surface area contributed by atoms with E-state index in [1.54, 1.807) is 11.1 Å². The van der Waals surface area contributed by atoms with E-state index >= 15 is 0 Å². The van der Waals surface area contributed by atoms with Gasteiger partial charge in [0.15, 0.2) is 11.5 Å². The van der Waals surface area contributed by atoms with Crippen LogP contribution in [0.5, 0.6) is 0 Å². The Morgan fingerprint density at radius 2 is 2.16 bits per heavy atom. The molecular formula is C22H23N7O2. The minimum atomic E-state index is -0.671. The van der Waals surface area contributed by atoms with Crippen LogP contribution in [0, 0.1) is 0 Å². The van der Waals surface area contributed by atoms with Crippen LogP contribution in [-0.2, 0) is 4.79 Å². The van der Waals surface area contributed by atoms with Crippen molar-refractivity contribution in [3.63, 3.8) is 0 Å². The van der Waals surface area contributed by atoms with E-state index < -0.39 is 5.91 Å². The molecule has 1 aliphatic heterocycles. The maximum Gasteiger partial charge on any atom is 0.271 e. The first-order chi connectivity index (χ1) is 15.0. The number of nitrogens with one attached hydrogen (secondary N) is 1. The number of anilines is 3. The van der Waals surface area contributed by atoms with Crippen LogP contribution < -0.4 is 16.0 Å². The number of fused-ring (bicyclic) bond motifs is 1. The zero-order valence-corrected chi connectivity index (χ0v) is 17.2. The Hall–Kier alpha value is -4.01. The fraction of sp³-hybridized carbons (Fsp3) is 0.227. The van der Waals surface area contributed by atoms with Gasteiger partial charge in [-0.15, -0.1) is 0 Å². The molecule has 0 spiro atoms. The molecule has 1 aromatic carbocycles.